The van der Waals surface area contributed by atoms with Crippen LogP contribution in [0.3, 0.4) is 0 Å². The summed E-state index contributed by atoms with van der Waals surface area (Å²) in [4.78, 5) is 1.48. The Kier molecular flexibility index (Phi) is 9.22. The number of aromatic hydroxyl groups is 1. The second-order valence-corrected chi connectivity index (χ2v) is 8.25. The molecule has 0 saturated heterocycles. The van der Waals surface area contributed by atoms with Crippen LogP contribution in [0.4, 0.5) is 0 Å². The average Bonchev–Trinajstić information content (AvgIpc) is 3.24. The first kappa shape index (κ1) is 25.7. The fourth-order valence-corrected chi connectivity index (χ4v) is 3.11. The van der Waals surface area contributed by atoms with E-state index in [1.807, 2.05) is 81.4 Å². The Bertz CT molecular complexity index is 1130. The first-order valence-electron chi connectivity index (χ1n) is 11.3. The Balaban J connectivity index is 0.000000714. The van der Waals surface area contributed by atoms with E-state index < -0.39 is 0 Å². The zero-order valence-electron chi connectivity index (χ0n) is 20.5. The molecule has 5 heteroatoms. The van der Waals surface area contributed by atoms with Crippen molar-refractivity contribution in [2.75, 3.05) is 0 Å². The zero-order valence-corrected chi connectivity index (χ0v) is 20.5. The van der Waals surface area contributed by atoms with Gasteiger partial charge in [0, 0.05) is 11.6 Å². The van der Waals surface area contributed by atoms with Gasteiger partial charge in [0.15, 0.2) is 0 Å². The molecule has 4 aromatic rings. The molecule has 0 spiro atoms. The molecule has 0 aliphatic rings. The van der Waals surface area contributed by atoms with Crippen molar-refractivity contribution in [3.8, 4) is 17.2 Å². The van der Waals surface area contributed by atoms with Gasteiger partial charge in [-0.05, 0) is 36.1 Å². The summed E-state index contributed by atoms with van der Waals surface area (Å²) >= 11 is 0. The molecule has 0 fully saturated rings. The third kappa shape index (κ3) is 6.69. The van der Waals surface area contributed by atoms with Crippen LogP contribution in [0, 0.1) is 0 Å². The van der Waals surface area contributed by atoms with E-state index in [0.29, 0.717) is 18.0 Å². The maximum Gasteiger partial charge on any atom is 0.147 e. The number of hydrogen-bond donors (Lipinski definition) is 1. The third-order valence-corrected chi connectivity index (χ3v) is 4.62. The highest BCUT2D eigenvalue weighted by Gasteiger charge is 2.23. The summed E-state index contributed by atoms with van der Waals surface area (Å²) in [6.07, 6.45) is 1.75. The van der Waals surface area contributed by atoms with E-state index in [9.17, 15) is 5.11 Å². The van der Waals surface area contributed by atoms with Crippen LogP contribution in [-0.2, 0) is 12.0 Å². The Morgan fingerprint density at radius 1 is 0.939 bits per heavy atom. The molecule has 0 aliphatic carbocycles. The number of phenols is 1. The van der Waals surface area contributed by atoms with E-state index in [1.165, 1.54) is 4.80 Å². The minimum atomic E-state index is -0.266. The molecule has 0 saturated carbocycles. The van der Waals surface area contributed by atoms with Crippen molar-refractivity contribution in [3.05, 3.63) is 90.5 Å². The molecule has 33 heavy (non-hydrogen) atoms. The largest absolute Gasteiger partial charge is 0.505 e. The molecular weight excluding hydrogens is 410 g/mol. The van der Waals surface area contributed by atoms with E-state index in [0.717, 1.165) is 22.2 Å². The standard InChI is InChI=1S/C23H23N3O2.C3H6.C2H6/c1-23(2,3)18-13-17(28-15-16-9-5-4-6-10-16)14-21(22(18)27)26-24-19-11-7-8-12-20(19)25-26;1-3-2;1-2/h4-14,27H,15H2,1-3H3;3H,1H2,2H3;1-2H3. The number of fused-ring (bicyclic) bond motifs is 1. The fraction of sp³-hybridized carbons (Fsp3) is 0.286. The molecule has 0 unspecified atom stereocenters. The number of allylic oxidation sites excluding steroid dienone is 1. The predicted octanol–water partition coefficient (Wildman–Crippen LogP) is 7.22. The number of benzene rings is 3. The topological polar surface area (TPSA) is 60.2 Å². The van der Waals surface area contributed by atoms with Crippen LogP contribution in [0.1, 0.15) is 52.7 Å². The van der Waals surface area contributed by atoms with Gasteiger partial charge >= 0.3 is 0 Å². The summed E-state index contributed by atoms with van der Waals surface area (Å²) in [6.45, 7) is 15.9. The summed E-state index contributed by atoms with van der Waals surface area (Å²) in [5.74, 6) is 0.836. The lowest BCUT2D eigenvalue weighted by Crippen LogP contribution is -2.13. The molecule has 0 radical (unpaired) electrons. The molecule has 0 aliphatic heterocycles. The van der Waals surface area contributed by atoms with E-state index in [1.54, 1.807) is 12.1 Å². The molecule has 1 heterocycles. The highest BCUT2D eigenvalue weighted by molar-refractivity contribution is 5.74. The summed E-state index contributed by atoms with van der Waals surface area (Å²) in [5, 5.41) is 20.0. The maximum atomic E-state index is 11.0. The lowest BCUT2D eigenvalue weighted by atomic mass is 9.86. The average molecular weight is 446 g/mol. The molecule has 1 N–H and O–H groups in total. The van der Waals surface area contributed by atoms with E-state index in [4.69, 9.17) is 4.74 Å². The van der Waals surface area contributed by atoms with Gasteiger partial charge in [0.1, 0.15) is 34.8 Å². The number of rotatable bonds is 4. The van der Waals surface area contributed by atoms with Crippen molar-refractivity contribution in [2.45, 2.75) is 53.6 Å². The SMILES string of the molecule is C=CC.CC.CC(C)(C)c1cc(OCc2ccccc2)cc(-n2nc3ccccc3n2)c1O. The number of hydrogen-bond acceptors (Lipinski definition) is 4. The van der Waals surface area contributed by atoms with Gasteiger partial charge in [-0.2, -0.15) is 0 Å². The third-order valence-electron chi connectivity index (χ3n) is 4.62. The van der Waals surface area contributed by atoms with Crippen LogP contribution in [0.5, 0.6) is 11.5 Å². The molecule has 0 amide bonds. The van der Waals surface area contributed by atoms with Crippen LogP contribution in [0.2, 0.25) is 0 Å². The Hall–Kier alpha value is -3.60. The van der Waals surface area contributed by atoms with Gasteiger partial charge in [0.05, 0.1) is 0 Å². The van der Waals surface area contributed by atoms with Crippen LogP contribution in [0.15, 0.2) is 79.4 Å². The second kappa shape index (κ2) is 11.9. The number of aromatic nitrogens is 3. The number of nitrogens with zero attached hydrogens (tertiary/aromatic N) is 3. The highest BCUT2D eigenvalue weighted by atomic mass is 16.5. The van der Waals surface area contributed by atoms with E-state index >= 15 is 0 Å². The van der Waals surface area contributed by atoms with E-state index in [-0.39, 0.29) is 11.2 Å². The van der Waals surface area contributed by atoms with Crippen molar-refractivity contribution in [3.63, 3.8) is 0 Å². The lowest BCUT2D eigenvalue weighted by Gasteiger charge is -2.23. The molecule has 3 aromatic carbocycles. The minimum Gasteiger partial charge on any atom is -0.505 e. The van der Waals surface area contributed by atoms with Crippen LogP contribution in [-0.4, -0.2) is 20.1 Å². The van der Waals surface area contributed by atoms with Gasteiger partial charge in [0.25, 0.3) is 0 Å². The maximum absolute atomic E-state index is 11.0. The highest BCUT2D eigenvalue weighted by Crippen LogP contribution is 2.38. The van der Waals surface area contributed by atoms with Gasteiger partial charge in [-0.25, -0.2) is 0 Å². The van der Waals surface area contributed by atoms with Crippen molar-refractivity contribution >= 4 is 11.0 Å². The molecule has 5 nitrogen and oxygen atoms in total. The quantitative estimate of drug-likeness (QED) is 0.337. The molecule has 1 aromatic heterocycles. The molecule has 174 valence electrons. The van der Waals surface area contributed by atoms with Gasteiger partial charge < -0.3 is 9.84 Å². The second-order valence-electron chi connectivity index (χ2n) is 8.25. The van der Waals surface area contributed by atoms with Crippen molar-refractivity contribution in [2.24, 2.45) is 0 Å². The van der Waals surface area contributed by atoms with Crippen LogP contribution in [0.25, 0.3) is 16.7 Å². The van der Waals surface area contributed by atoms with Crippen molar-refractivity contribution in [1.82, 2.24) is 15.0 Å². The fourth-order valence-electron chi connectivity index (χ4n) is 3.11. The van der Waals surface area contributed by atoms with Gasteiger partial charge in [-0.15, -0.1) is 21.6 Å². The van der Waals surface area contributed by atoms with Gasteiger partial charge in [-0.1, -0.05) is 83.2 Å². The first-order valence-corrected chi connectivity index (χ1v) is 11.3. The molecule has 0 atom stereocenters. The monoisotopic (exact) mass is 445 g/mol. The number of ether oxygens (including phenoxy) is 1. The summed E-state index contributed by atoms with van der Waals surface area (Å²) in [7, 11) is 0. The molecular formula is C28H35N3O2. The first-order chi connectivity index (χ1) is 15.8. The van der Waals surface area contributed by atoms with Crippen LogP contribution >= 0.6 is 0 Å². The van der Waals surface area contributed by atoms with Crippen LogP contribution < -0.4 is 4.74 Å². The summed E-state index contributed by atoms with van der Waals surface area (Å²) in [6, 6.07) is 21.3. The zero-order chi connectivity index (χ0) is 24.4. The Morgan fingerprint density at radius 2 is 1.45 bits per heavy atom. The van der Waals surface area contributed by atoms with Crippen molar-refractivity contribution < 1.29 is 9.84 Å². The van der Waals surface area contributed by atoms with Gasteiger partial charge in [0.2, 0.25) is 0 Å². The smallest absolute Gasteiger partial charge is 0.147 e. The predicted molar refractivity (Wildman–Crippen MR) is 137 cm³/mol. The summed E-state index contributed by atoms with van der Waals surface area (Å²) < 4.78 is 6.04. The van der Waals surface area contributed by atoms with E-state index in [2.05, 4.69) is 37.5 Å². The molecule has 4 rings (SSSR count). The minimum absolute atomic E-state index is 0.167. The molecule has 0 bridgehead atoms. The summed E-state index contributed by atoms with van der Waals surface area (Å²) in [5.41, 5.74) is 3.65. The Morgan fingerprint density at radius 3 is 1.97 bits per heavy atom. The Labute approximate surface area is 197 Å². The lowest BCUT2D eigenvalue weighted by molar-refractivity contribution is 0.304. The van der Waals surface area contributed by atoms with Gasteiger partial charge in [-0.3, -0.25) is 0 Å². The number of phenolic OH excluding ortho intramolecular Hbond substituents is 1. The normalized spacial score (nSPS) is 10.5. The van der Waals surface area contributed by atoms with Crippen molar-refractivity contribution in [1.29, 1.82) is 0 Å².